The van der Waals surface area contributed by atoms with Crippen molar-refractivity contribution in [3.05, 3.63) is 23.9 Å². The topological polar surface area (TPSA) is 73.3 Å². The number of rotatable bonds is 2. The third kappa shape index (κ3) is 1.85. The predicted octanol–water partition coefficient (Wildman–Crippen LogP) is 0.679. The first kappa shape index (κ1) is 11.5. The molecule has 0 aliphatic carbocycles. The maximum absolute atomic E-state index is 9.70. The molecule has 18 heavy (non-hydrogen) atoms. The average Bonchev–Trinajstić information content (AvgIpc) is 2.72. The maximum atomic E-state index is 9.70. The normalized spacial score (nSPS) is 20.5. The van der Waals surface area contributed by atoms with Crippen LogP contribution in [0.2, 0.25) is 0 Å². The Kier molecular flexibility index (Phi) is 2.72. The quantitative estimate of drug-likeness (QED) is 0.818. The van der Waals surface area contributed by atoms with Gasteiger partial charge in [-0.2, -0.15) is 5.10 Å². The highest BCUT2D eigenvalue weighted by atomic mass is 16.5. The van der Waals surface area contributed by atoms with Crippen LogP contribution < -0.4 is 10.5 Å². The van der Waals surface area contributed by atoms with Gasteiger partial charge in [-0.1, -0.05) is 0 Å². The minimum absolute atomic E-state index is 0.0611. The van der Waals surface area contributed by atoms with Gasteiger partial charge < -0.3 is 15.6 Å². The zero-order valence-corrected chi connectivity index (χ0v) is 10.3. The molecule has 5 nitrogen and oxygen atoms in total. The molecule has 0 saturated carbocycles. The maximum Gasteiger partial charge on any atom is 0.123 e. The van der Waals surface area contributed by atoms with Crippen LogP contribution in [0, 0.1) is 0 Å². The molecular weight excluding hydrogens is 230 g/mol. The Labute approximate surface area is 105 Å². The van der Waals surface area contributed by atoms with Gasteiger partial charge in [-0.25, -0.2) is 0 Å². The molecule has 0 spiro atoms. The molecule has 0 amide bonds. The molecule has 3 N–H and O–H groups in total. The number of hydrogen-bond donors (Lipinski definition) is 2. The third-order valence-corrected chi connectivity index (χ3v) is 3.23. The lowest BCUT2D eigenvalue weighted by Crippen LogP contribution is -2.25. The van der Waals surface area contributed by atoms with Gasteiger partial charge >= 0.3 is 0 Å². The number of aromatic nitrogens is 2. The SMILES string of the molecule is CC(N)Cn1ncc2c3c(ccc21)OC[C@@H](O)C3. The molecular formula is C13H17N3O2. The van der Waals surface area contributed by atoms with Crippen molar-refractivity contribution >= 4 is 10.9 Å². The van der Waals surface area contributed by atoms with Gasteiger partial charge in [-0.15, -0.1) is 0 Å². The van der Waals surface area contributed by atoms with E-state index in [1.54, 1.807) is 0 Å². The zero-order valence-electron chi connectivity index (χ0n) is 10.3. The zero-order chi connectivity index (χ0) is 12.7. The van der Waals surface area contributed by atoms with Crippen molar-refractivity contribution in [2.24, 2.45) is 5.73 Å². The Hall–Kier alpha value is -1.59. The first-order chi connectivity index (χ1) is 8.65. The van der Waals surface area contributed by atoms with Crippen LogP contribution in [0.3, 0.4) is 0 Å². The number of ether oxygens (including phenoxy) is 1. The average molecular weight is 247 g/mol. The first-order valence-corrected chi connectivity index (χ1v) is 6.19. The number of nitrogens with two attached hydrogens (primary N) is 1. The summed E-state index contributed by atoms with van der Waals surface area (Å²) in [5.41, 5.74) is 7.90. The van der Waals surface area contributed by atoms with Gasteiger partial charge in [-0.3, -0.25) is 4.68 Å². The first-order valence-electron chi connectivity index (χ1n) is 6.19. The summed E-state index contributed by atoms with van der Waals surface area (Å²) >= 11 is 0. The molecule has 2 aromatic rings. The molecule has 0 fully saturated rings. The van der Waals surface area contributed by atoms with Crippen molar-refractivity contribution in [1.29, 1.82) is 0 Å². The molecule has 1 aromatic heterocycles. The largest absolute Gasteiger partial charge is 0.491 e. The summed E-state index contributed by atoms with van der Waals surface area (Å²) in [4.78, 5) is 0. The molecule has 5 heteroatoms. The second-order valence-electron chi connectivity index (χ2n) is 4.95. The molecule has 0 radical (unpaired) electrons. The molecule has 96 valence electrons. The summed E-state index contributed by atoms with van der Waals surface area (Å²) in [7, 11) is 0. The van der Waals surface area contributed by atoms with Crippen molar-refractivity contribution < 1.29 is 9.84 Å². The molecule has 1 aromatic carbocycles. The number of benzene rings is 1. The van der Waals surface area contributed by atoms with E-state index in [0.717, 1.165) is 22.2 Å². The number of hydrogen-bond acceptors (Lipinski definition) is 4. The van der Waals surface area contributed by atoms with E-state index in [-0.39, 0.29) is 6.04 Å². The van der Waals surface area contributed by atoms with Gasteiger partial charge in [-0.05, 0) is 19.1 Å². The lowest BCUT2D eigenvalue weighted by atomic mass is 10.0. The van der Waals surface area contributed by atoms with E-state index in [1.807, 2.05) is 29.9 Å². The van der Waals surface area contributed by atoms with Crippen molar-refractivity contribution in [1.82, 2.24) is 9.78 Å². The fraction of sp³-hybridized carbons (Fsp3) is 0.462. The summed E-state index contributed by atoms with van der Waals surface area (Å²) in [6.45, 7) is 3.01. The monoisotopic (exact) mass is 247 g/mol. The third-order valence-electron chi connectivity index (χ3n) is 3.23. The van der Waals surface area contributed by atoms with Crippen molar-refractivity contribution in [3.8, 4) is 5.75 Å². The van der Waals surface area contributed by atoms with Crippen molar-refractivity contribution in [2.45, 2.75) is 32.0 Å². The standard InChI is InChI=1S/C13H17N3O2/c1-8(14)6-16-12-2-3-13-10(11(12)5-15-16)4-9(17)7-18-13/h2-3,5,8-9,17H,4,6-7,14H2,1H3/t8?,9-/m0/s1. The molecule has 1 aliphatic rings. The van der Waals surface area contributed by atoms with E-state index >= 15 is 0 Å². The van der Waals surface area contributed by atoms with Crippen LogP contribution >= 0.6 is 0 Å². The van der Waals surface area contributed by atoms with E-state index in [4.69, 9.17) is 10.5 Å². The van der Waals surface area contributed by atoms with Crippen LogP contribution in [0.4, 0.5) is 0 Å². The van der Waals surface area contributed by atoms with Crippen LogP contribution in [0.1, 0.15) is 12.5 Å². The highest BCUT2D eigenvalue weighted by molar-refractivity contribution is 5.85. The van der Waals surface area contributed by atoms with Gasteiger partial charge in [0.25, 0.3) is 0 Å². The Balaban J connectivity index is 2.10. The fourth-order valence-corrected chi connectivity index (χ4v) is 2.44. The minimum atomic E-state index is -0.431. The van der Waals surface area contributed by atoms with Crippen LogP contribution in [-0.2, 0) is 13.0 Å². The number of nitrogens with zero attached hydrogens (tertiary/aromatic N) is 2. The number of aliphatic hydroxyl groups excluding tert-OH is 1. The van der Waals surface area contributed by atoms with Crippen LogP contribution in [0.5, 0.6) is 5.75 Å². The smallest absolute Gasteiger partial charge is 0.123 e. The van der Waals surface area contributed by atoms with Crippen LogP contribution in [-0.4, -0.2) is 33.6 Å². The summed E-state index contributed by atoms with van der Waals surface area (Å²) in [6, 6.07) is 4.01. The van der Waals surface area contributed by atoms with Gasteiger partial charge in [0.2, 0.25) is 0 Å². The Morgan fingerprint density at radius 3 is 3.22 bits per heavy atom. The number of aliphatic hydroxyl groups is 1. The highest BCUT2D eigenvalue weighted by Crippen LogP contribution is 2.32. The van der Waals surface area contributed by atoms with Crippen molar-refractivity contribution in [3.63, 3.8) is 0 Å². The van der Waals surface area contributed by atoms with Crippen LogP contribution in [0.25, 0.3) is 10.9 Å². The van der Waals surface area contributed by atoms with E-state index in [2.05, 4.69) is 5.10 Å². The van der Waals surface area contributed by atoms with E-state index in [1.165, 1.54) is 0 Å². The fourth-order valence-electron chi connectivity index (χ4n) is 2.44. The molecule has 3 rings (SSSR count). The molecule has 1 aliphatic heterocycles. The van der Waals surface area contributed by atoms with Gasteiger partial charge in [0.15, 0.2) is 0 Å². The van der Waals surface area contributed by atoms with E-state index in [9.17, 15) is 5.11 Å². The van der Waals surface area contributed by atoms with Gasteiger partial charge in [0, 0.05) is 23.4 Å². The Bertz CT molecular complexity index is 577. The van der Waals surface area contributed by atoms with Gasteiger partial charge in [0.1, 0.15) is 12.4 Å². The number of fused-ring (bicyclic) bond motifs is 3. The summed E-state index contributed by atoms with van der Waals surface area (Å²) in [5, 5.41) is 15.1. The van der Waals surface area contributed by atoms with E-state index < -0.39 is 6.10 Å². The van der Waals surface area contributed by atoms with Crippen LogP contribution in [0.15, 0.2) is 18.3 Å². The molecule has 2 heterocycles. The second kappa shape index (κ2) is 4.26. The molecule has 0 bridgehead atoms. The Morgan fingerprint density at radius 1 is 1.61 bits per heavy atom. The minimum Gasteiger partial charge on any atom is -0.491 e. The summed E-state index contributed by atoms with van der Waals surface area (Å²) in [6.07, 6.45) is 2.02. The summed E-state index contributed by atoms with van der Waals surface area (Å²) < 4.78 is 7.43. The second-order valence-corrected chi connectivity index (χ2v) is 4.95. The lowest BCUT2D eigenvalue weighted by molar-refractivity contribution is 0.0927. The van der Waals surface area contributed by atoms with Gasteiger partial charge in [0.05, 0.1) is 24.4 Å². The van der Waals surface area contributed by atoms with E-state index in [0.29, 0.717) is 19.6 Å². The predicted molar refractivity (Wildman–Crippen MR) is 68.6 cm³/mol. The Morgan fingerprint density at radius 2 is 2.44 bits per heavy atom. The highest BCUT2D eigenvalue weighted by Gasteiger charge is 2.21. The molecule has 1 unspecified atom stereocenters. The lowest BCUT2D eigenvalue weighted by Gasteiger charge is -2.22. The molecule has 2 atom stereocenters. The summed E-state index contributed by atoms with van der Waals surface area (Å²) in [5.74, 6) is 0.855. The molecule has 0 saturated heterocycles. The van der Waals surface area contributed by atoms with Crippen molar-refractivity contribution in [2.75, 3.05) is 6.61 Å².